The zero-order chi connectivity index (χ0) is 19.0. The maximum atomic E-state index is 13.0. The van der Waals surface area contributed by atoms with E-state index in [9.17, 15) is 9.59 Å². The molecule has 3 aromatic rings. The molecule has 1 aliphatic rings. The monoisotopic (exact) mass is 429 g/mol. The molecule has 0 fully saturated rings. The first-order valence-electron chi connectivity index (χ1n) is 8.85. The first kappa shape index (κ1) is 18.0. The second-order valence-electron chi connectivity index (χ2n) is 6.66. The van der Waals surface area contributed by atoms with Crippen LogP contribution in [0.25, 0.3) is 10.9 Å². The van der Waals surface area contributed by atoms with Gasteiger partial charge in [0.15, 0.2) is 0 Å². The summed E-state index contributed by atoms with van der Waals surface area (Å²) in [5.41, 5.74) is 3.82. The van der Waals surface area contributed by atoms with Crippen molar-refractivity contribution >= 4 is 32.7 Å². The first-order valence-corrected chi connectivity index (χ1v) is 9.64. The number of pyridine rings is 1. The molecule has 0 unspecified atom stereocenters. The molecule has 0 radical (unpaired) electrons. The smallest absolute Gasteiger partial charge is 0.255 e. The Bertz CT molecular complexity index is 1070. The van der Waals surface area contributed by atoms with Crippen molar-refractivity contribution in [1.82, 2.24) is 14.5 Å². The highest BCUT2D eigenvalue weighted by molar-refractivity contribution is 9.10. The van der Waals surface area contributed by atoms with Crippen LogP contribution in [0.1, 0.15) is 21.6 Å². The topological polar surface area (TPSA) is 67.3 Å². The minimum Gasteiger partial charge on any atom is -0.383 e. The van der Waals surface area contributed by atoms with E-state index in [2.05, 4.69) is 27.0 Å². The van der Waals surface area contributed by atoms with Gasteiger partial charge in [0, 0.05) is 66.5 Å². The fraction of sp³-hybridized carbons (Fsp3) is 0.300. The van der Waals surface area contributed by atoms with Crippen LogP contribution >= 0.6 is 15.9 Å². The van der Waals surface area contributed by atoms with Gasteiger partial charge in [-0.3, -0.25) is 9.59 Å². The van der Waals surface area contributed by atoms with Crippen molar-refractivity contribution in [2.24, 2.45) is 0 Å². The Kier molecular flexibility index (Phi) is 4.88. The van der Waals surface area contributed by atoms with Crippen molar-refractivity contribution in [2.45, 2.75) is 19.5 Å². The molecule has 0 bridgehead atoms. The van der Waals surface area contributed by atoms with Crippen molar-refractivity contribution in [3.05, 3.63) is 68.2 Å². The van der Waals surface area contributed by atoms with Crippen LogP contribution in [0.5, 0.6) is 0 Å². The minimum atomic E-state index is -0.133. The number of rotatable bonds is 4. The largest absolute Gasteiger partial charge is 0.383 e. The molecule has 1 amide bonds. The van der Waals surface area contributed by atoms with Crippen molar-refractivity contribution in [3.63, 3.8) is 0 Å². The summed E-state index contributed by atoms with van der Waals surface area (Å²) in [7, 11) is 1.59. The highest BCUT2D eigenvalue weighted by atomic mass is 79.9. The summed E-state index contributed by atoms with van der Waals surface area (Å²) < 4.78 is 7.58. The average Bonchev–Trinajstić information content (AvgIpc) is 3.06. The van der Waals surface area contributed by atoms with E-state index in [1.807, 2.05) is 17.0 Å². The van der Waals surface area contributed by atoms with E-state index in [1.165, 1.54) is 21.9 Å². The summed E-state index contributed by atoms with van der Waals surface area (Å²) in [6.45, 7) is 2.06. The Morgan fingerprint density at radius 1 is 1.30 bits per heavy atom. The summed E-state index contributed by atoms with van der Waals surface area (Å²) in [5.74, 6) is -0.0591. The van der Waals surface area contributed by atoms with Gasteiger partial charge in [-0.15, -0.1) is 0 Å². The van der Waals surface area contributed by atoms with Crippen molar-refractivity contribution in [1.29, 1.82) is 0 Å². The SMILES string of the molecule is COCCn1cc(C(=O)N2CCc3[nH]c4c(Br)cccc4c3C2)ccc1=O. The van der Waals surface area contributed by atoms with Gasteiger partial charge in [0.05, 0.1) is 17.7 Å². The number of fused-ring (bicyclic) bond motifs is 3. The third kappa shape index (κ3) is 3.33. The molecular formula is C20H20BrN3O3. The highest BCUT2D eigenvalue weighted by Crippen LogP contribution is 2.32. The number of aromatic amines is 1. The number of hydrogen-bond donors (Lipinski definition) is 1. The Morgan fingerprint density at radius 3 is 2.96 bits per heavy atom. The predicted molar refractivity (Wildman–Crippen MR) is 107 cm³/mol. The maximum absolute atomic E-state index is 13.0. The highest BCUT2D eigenvalue weighted by Gasteiger charge is 2.25. The lowest BCUT2D eigenvalue weighted by atomic mass is 10.0. The van der Waals surface area contributed by atoms with Gasteiger partial charge in [0.25, 0.3) is 11.5 Å². The Morgan fingerprint density at radius 2 is 2.15 bits per heavy atom. The molecule has 0 saturated heterocycles. The summed E-state index contributed by atoms with van der Waals surface area (Å²) >= 11 is 3.58. The number of methoxy groups -OCH3 is 1. The number of nitrogens with zero attached hydrogens (tertiary/aromatic N) is 2. The molecule has 7 heteroatoms. The molecule has 0 aliphatic carbocycles. The van der Waals surface area contributed by atoms with E-state index in [4.69, 9.17) is 4.74 Å². The predicted octanol–water partition coefficient (Wildman–Crippen LogP) is 2.94. The van der Waals surface area contributed by atoms with Gasteiger partial charge < -0.3 is 19.2 Å². The lowest BCUT2D eigenvalue weighted by Crippen LogP contribution is -2.36. The number of halogens is 1. The third-order valence-corrected chi connectivity index (χ3v) is 5.67. The molecule has 6 nitrogen and oxygen atoms in total. The van der Waals surface area contributed by atoms with E-state index in [0.29, 0.717) is 31.8 Å². The zero-order valence-corrected chi connectivity index (χ0v) is 16.6. The van der Waals surface area contributed by atoms with Crippen molar-refractivity contribution < 1.29 is 9.53 Å². The number of benzene rings is 1. The Hall–Kier alpha value is -2.38. The molecule has 3 heterocycles. The molecular weight excluding hydrogens is 410 g/mol. The standard InChI is InChI=1S/C20H20BrN3O3/c1-27-10-9-23-11-13(5-6-18(23)25)20(26)24-8-7-17-15(12-24)14-3-2-4-16(21)19(14)22-17/h2-6,11,22H,7-10,12H2,1H3. The molecule has 1 aromatic carbocycles. The van der Waals surface area contributed by atoms with E-state index < -0.39 is 0 Å². The van der Waals surface area contributed by atoms with Gasteiger partial charge in [-0.1, -0.05) is 12.1 Å². The number of aromatic nitrogens is 2. The number of carbonyl (C=O) groups excluding carboxylic acids is 1. The molecule has 140 valence electrons. The number of nitrogens with one attached hydrogen (secondary N) is 1. The van der Waals surface area contributed by atoms with Gasteiger partial charge in [0.1, 0.15) is 0 Å². The van der Waals surface area contributed by atoms with E-state index in [-0.39, 0.29) is 11.5 Å². The van der Waals surface area contributed by atoms with E-state index >= 15 is 0 Å². The number of para-hydroxylation sites is 1. The number of H-pyrrole nitrogens is 1. The maximum Gasteiger partial charge on any atom is 0.255 e. The second-order valence-corrected chi connectivity index (χ2v) is 7.52. The Balaban J connectivity index is 1.62. The quantitative estimate of drug-likeness (QED) is 0.692. The van der Waals surface area contributed by atoms with E-state index in [1.54, 1.807) is 19.4 Å². The normalized spacial score (nSPS) is 13.8. The molecule has 2 aromatic heterocycles. The molecule has 0 saturated carbocycles. The van der Waals surface area contributed by atoms with E-state index in [0.717, 1.165) is 21.8 Å². The van der Waals surface area contributed by atoms with Crippen LogP contribution in [0, 0.1) is 0 Å². The first-order chi connectivity index (χ1) is 13.1. The van der Waals surface area contributed by atoms with Crippen LogP contribution in [0.15, 0.2) is 45.8 Å². The van der Waals surface area contributed by atoms with Crippen molar-refractivity contribution in [3.8, 4) is 0 Å². The average molecular weight is 430 g/mol. The molecule has 1 aliphatic heterocycles. The van der Waals surface area contributed by atoms with Gasteiger partial charge >= 0.3 is 0 Å². The van der Waals surface area contributed by atoms with Crippen LogP contribution in [0.2, 0.25) is 0 Å². The van der Waals surface area contributed by atoms with Gasteiger partial charge in [0.2, 0.25) is 0 Å². The molecule has 27 heavy (non-hydrogen) atoms. The van der Waals surface area contributed by atoms with Crippen LogP contribution in [0.4, 0.5) is 0 Å². The Labute approximate surface area is 164 Å². The van der Waals surface area contributed by atoms with Gasteiger partial charge in [-0.05, 0) is 28.1 Å². The van der Waals surface area contributed by atoms with Crippen molar-refractivity contribution in [2.75, 3.05) is 20.3 Å². The van der Waals surface area contributed by atoms with Crippen LogP contribution in [-0.2, 0) is 24.2 Å². The fourth-order valence-corrected chi connectivity index (χ4v) is 4.05. The van der Waals surface area contributed by atoms with Crippen LogP contribution < -0.4 is 5.56 Å². The summed E-state index contributed by atoms with van der Waals surface area (Å²) in [5, 5.41) is 1.14. The number of ether oxygens (including phenoxy) is 1. The minimum absolute atomic E-state index is 0.0591. The fourth-order valence-electron chi connectivity index (χ4n) is 3.58. The lowest BCUT2D eigenvalue weighted by Gasteiger charge is -2.27. The van der Waals surface area contributed by atoms with Crippen LogP contribution in [0.3, 0.4) is 0 Å². The number of amides is 1. The van der Waals surface area contributed by atoms with Gasteiger partial charge in [-0.25, -0.2) is 0 Å². The second kappa shape index (κ2) is 7.32. The summed E-state index contributed by atoms with van der Waals surface area (Å²) in [4.78, 5) is 30.3. The molecule has 4 rings (SSSR count). The summed E-state index contributed by atoms with van der Waals surface area (Å²) in [6.07, 6.45) is 2.41. The van der Waals surface area contributed by atoms with Crippen LogP contribution in [-0.4, -0.2) is 40.6 Å². The number of hydrogen-bond acceptors (Lipinski definition) is 3. The summed E-state index contributed by atoms with van der Waals surface area (Å²) in [6, 6.07) is 9.15. The molecule has 1 N–H and O–H groups in total. The third-order valence-electron chi connectivity index (χ3n) is 5.01. The van der Waals surface area contributed by atoms with Gasteiger partial charge in [-0.2, -0.15) is 0 Å². The number of carbonyl (C=O) groups is 1. The molecule has 0 spiro atoms. The molecule has 0 atom stereocenters. The lowest BCUT2D eigenvalue weighted by molar-refractivity contribution is 0.0733. The zero-order valence-electron chi connectivity index (χ0n) is 15.0.